The van der Waals surface area contributed by atoms with Crippen molar-refractivity contribution in [1.82, 2.24) is 15.3 Å². The predicted octanol–water partition coefficient (Wildman–Crippen LogP) is 3.12. The highest BCUT2D eigenvalue weighted by atomic mass is 16.1. The molecular formula is C17H28N4O. The van der Waals surface area contributed by atoms with E-state index in [0.29, 0.717) is 11.6 Å². The van der Waals surface area contributed by atoms with Crippen molar-refractivity contribution in [2.24, 2.45) is 0 Å². The maximum Gasteiger partial charge on any atom is 0.270 e. The summed E-state index contributed by atoms with van der Waals surface area (Å²) >= 11 is 0. The van der Waals surface area contributed by atoms with Crippen LogP contribution in [0.1, 0.15) is 75.5 Å². The van der Waals surface area contributed by atoms with E-state index >= 15 is 0 Å². The van der Waals surface area contributed by atoms with Gasteiger partial charge in [0.25, 0.3) is 5.91 Å². The Kier molecular flexibility index (Phi) is 5.75. The smallest absolute Gasteiger partial charge is 0.270 e. The molecule has 0 unspecified atom stereocenters. The molecular weight excluding hydrogens is 276 g/mol. The van der Waals surface area contributed by atoms with Crippen LogP contribution in [0.15, 0.2) is 6.07 Å². The summed E-state index contributed by atoms with van der Waals surface area (Å²) in [6.45, 7) is 10.1. The van der Waals surface area contributed by atoms with E-state index in [0.717, 1.165) is 18.8 Å². The number of hydrogen-bond acceptors (Lipinski definition) is 4. The maximum absolute atomic E-state index is 12.3. The predicted molar refractivity (Wildman–Crippen MR) is 89.4 cm³/mol. The molecule has 1 aliphatic heterocycles. The molecule has 2 heterocycles. The second-order valence-corrected chi connectivity index (χ2v) is 6.66. The first kappa shape index (κ1) is 16.7. The van der Waals surface area contributed by atoms with Crippen LogP contribution < -0.4 is 10.2 Å². The van der Waals surface area contributed by atoms with Crippen molar-refractivity contribution in [3.8, 4) is 0 Å². The van der Waals surface area contributed by atoms with Gasteiger partial charge in [-0.2, -0.15) is 0 Å². The standard InChI is InChI=1S/C17H28N4O/c1-12(2)14-11-15(16(22)18-13(3)4)20-17(19-14)21-9-7-5-6-8-10-21/h11-13H,5-10H2,1-4H3,(H,18,22). The minimum absolute atomic E-state index is 0.103. The van der Waals surface area contributed by atoms with Gasteiger partial charge in [-0.25, -0.2) is 9.97 Å². The lowest BCUT2D eigenvalue weighted by Crippen LogP contribution is -2.32. The number of carbonyl (C=O) groups is 1. The van der Waals surface area contributed by atoms with Crippen LogP contribution in [0.5, 0.6) is 0 Å². The Hall–Kier alpha value is -1.65. The van der Waals surface area contributed by atoms with Crippen LogP contribution in [-0.2, 0) is 0 Å². The Morgan fingerprint density at radius 3 is 2.27 bits per heavy atom. The zero-order valence-electron chi connectivity index (χ0n) is 14.2. The van der Waals surface area contributed by atoms with Crippen LogP contribution in [0.4, 0.5) is 5.95 Å². The van der Waals surface area contributed by atoms with Crippen molar-refractivity contribution in [3.05, 3.63) is 17.5 Å². The molecule has 22 heavy (non-hydrogen) atoms. The summed E-state index contributed by atoms with van der Waals surface area (Å²) in [7, 11) is 0. The second kappa shape index (κ2) is 7.56. The zero-order valence-corrected chi connectivity index (χ0v) is 14.2. The van der Waals surface area contributed by atoms with Crippen LogP contribution >= 0.6 is 0 Å². The van der Waals surface area contributed by atoms with E-state index < -0.39 is 0 Å². The number of aromatic nitrogens is 2. The number of rotatable bonds is 4. The first-order chi connectivity index (χ1) is 10.5. The molecule has 1 fully saturated rings. The third-order valence-corrected chi connectivity index (χ3v) is 3.87. The minimum Gasteiger partial charge on any atom is -0.349 e. The lowest BCUT2D eigenvalue weighted by molar-refractivity contribution is 0.0938. The average molecular weight is 304 g/mol. The van der Waals surface area contributed by atoms with Crippen molar-refractivity contribution in [3.63, 3.8) is 0 Å². The Balaban J connectivity index is 2.31. The van der Waals surface area contributed by atoms with Gasteiger partial charge in [0, 0.05) is 24.8 Å². The van der Waals surface area contributed by atoms with Gasteiger partial charge in [0.1, 0.15) is 5.69 Å². The van der Waals surface area contributed by atoms with Crippen molar-refractivity contribution in [2.45, 2.75) is 65.3 Å². The number of hydrogen-bond donors (Lipinski definition) is 1. The van der Waals surface area contributed by atoms with Gasteiger partial charge in [-0.3, -0.25) is 4.79 Å². The molecule has 2 rings (SSSR count). The lowest BCUT2D eigenvalue weighted by atomic mass is 10.1. The van der Waals surface area contributed by atoms with E-state index in [4.69, 9.17) is 4.98 Å². The van der Waals surface area contributed by atoms with Gasteiger partial charge in [0.2, 0.25) is 5.95 Å². The molecule has 5 heteroatoms. The van der Waals surface area contributed by atoms with Crippen molar-refractivity contribution < 1.29 is 4.79 Å². The number of anilines is 1. The van der Waals surface area contributed by atoms with E-state index in [1.54, 1.807) is 0 Å². The summed E-state index contributed by atoms with van der Waals surface area (Å²) in [5.74, 6) is 0.872. The molecule has 0 atom stereocenters. The fraction of sp³-hybridized carbons (Fsp3) is 0.706. The molecule has 0 bridgehead atoms. The monoisotopic (exact) mass is 304 g/mol. The lowest BCUT2D eigenvalue weighted by Gasteiger charge is -2.22. The summed E-state index contributed by atoms with van der Waals surface area (Å²) in [5.41, 5.74) is 1.41. The van der Waals surface area contributed by atoms with Crippen molar-refractivity contribution in [2.75, 3.05) is 18.0 Å². The average Bonchev–Trinajstić information content (AvgIpc) is 2.75. The highest BCUT2D eigenvalue weighted by molar-refractivity contribution is 5.92. The molecule has 1 aromatic heterocycles. The molecule has 0 spiro atoms. The Morgan fingerprint density at radius 2 is 1.73 bits per heavy atom. The number of amides is 1. The first-order valence-electron chi connectivity index (χ1n) is 8.42. The quantitative estimate of drug-likeness (QED) is 0.928. The maximum atomic E-state index is 12.3. The third-order valence-electron chi connectivity index (χ3n) is 3.87. The Bertz CT molecular complexity index is 505. The second-order valence-electron chi connectivity index (χ2n) is 6.66. The zero-order chi connectivity index (χ0) is 16.1. The van der Waals surface area contributed by atoms with Crippen molar-refractivity contribution >= 4 is 11.9 Å². The highest BCUT2D eigenvalue weighted by Gasteiger charge is 2.18. The van der Waals surface area contributed by atoms with Gasteiger partial charge in [-0.05, 0) is 38.7 Å². The molecule has 5 nitrogen and oxygen atoms in total. The van der Waals surface area contributed by atoms with E-state index in [1.165, 1.54) is 25.7 Å². The summed E-state index contributed by atoms with van der Waals surface area (Å²) in [6.07, 6.45) is 4.87. The van der Waals surface area contributed by atoms with Gasteiger partial charge in [-0.1, -0.05) is 26.7 Å². The third kappa shape index (κ3) is 4.42. The first-order valence-corrected chi connectivity index (χ1v) is 8.42. The Morgan fingerprint density at radius 1 is 1.09 bits per heavy atom. The molecule has 0 aromatic carbocycles. The van der Waals surface area contributed by atoms with Crippen LogP contribution in [0, 0.1) is 0 Å². The van der Waals surface area contributed by atoms with Gasteiger partial charge >= 0.3 is 0 Å². The summed E-state index contributed by atoms with van der Waals surface area (Å²) in [4.78, 5) is 23.8. The largest absolute Gasteiger partial charge is 0.349 e. The molecule has 0 aliphatic carbocycles. The number of nitrogens with one attached hydrogen (secondary N) is 1. The van der Waals surface area contributed by atoms with Crippen molar-refractivity contribution in [1.29, 1.82) is 0 Å². The summed E-state index contributed by atoms with van der Waals surface area (Å²) in [5, 5.41) is 2.92. The molecule has 1 saturated heterocycles. The van der Waals surface area contributed by atoms with Crippen LogP contribution in [0.25, 0.3) is 0 Å². The fourth-order valence-electron chi connectivity index (χ4n) is 2.61. The molecule has 1 aliphatic rings. The van der Waals surface area contributed by atoms with E-state index in [-0.39, 0.29) is 17.9 Å². The van der Waals surface area contributed by atoms with Gasteiger partial charge < -0.3 is 10.2 Å². The SMILES string of the molecule is CC(C)NC(=O)c1cc(C(C)C)nc(N2CCCCCC2)n1. The summed E-state index contributed by atoms with van der Waals surface area (Å²) in [6, 6.07) is 1.93. The van der Waals surface area contributed by atoms with Crippen LogP contribution in [-0.4, -0.2) is 35.0 Å². The summed E-state index contributed by atoms with van der Waals surface area (Å²) < 4.78 is 0. The molecule has 122 valence electrons. The normalized spacial score (nSPS) is 16.0. The molecule has 1 aromatic rings. The number of nitrogens with zero attached hydrogens (tertiary/aromatic N) is 3. The van der Waals surface area contributed by atoms with Crippen LogP contribution in [0.2, 0.25) is 0 Å². The van der Waals surface area contributed by atoms with E-state index in [9.17, 15) is 4.79 Å². The fourth-order valence-corrected chi connectivity index (χ4v) is 2.61. The molecule has 1 amide bonds. The van der Waals surface area contributed by atoms with E-state index in [2.05, 4.69) is 29.0 Å². The van der Waals surface area contributed by atoms with Crippen LogP contribution in [0.3, 0.4) is 0 Å². The molecule has 0 saturated carbocycles. The Labute approximate surface area is 133 Å². The minimum atomic E-state index is -0.115. The number of carbonyl (C=O) groups excluding carboxylic acids is 1. The topological polar surface area (TPSA) is 58.1 Å². The van der Waals surface area contributed by atoms with E-state index in [1.807, 2.05) is 19.9 Å². The molecule has 0 radical (unpaired) electrons. The highest BCUT2D eigenvalue weighted by Crippen LogP contribution is 2.20. The van der Waals surface area contributed by atoms with Gasteiger partial charge in [0.15, 0.2) is 0 Å². The van der Waals surface area contributed by atoms with Gasteiger partial charge in [-0.15, -0.1) is 0 Å². The van der Waals surface area contributed by atoms with Gasteiger partial charge in [0.05, 0.1) is 0 Å². The molecule has 1 N–H and O–H groups in total.